The minimum absolute atomic E-state index is 0.0338. The lowest BCUT2D eigenvalue weighted by Crippen LogP contribution is -2.49. The molecule has 0 spiro atoms. The number of nitrogens with zero attached hydrogens (tertiary/aromatic N) is 3. The van der Waals surface area contributed by atoms with E-state index in [2.05, 4.69) is 64.3 Å². The maximum Gasteiger partial charge on any atom is 0.234 e. The molecule has 1 atom stereocenters. The van der Waals surface area contributed by atoms with Crippen molar-refractivity contribution in [1.82, 2.24) is 20.1 Å². The second-order valence-corrected chi connectivity index (χ2v) is 7.52. The van der Waals surface area contributed by atoms with Crippen molar-refractivity contribution in [2.45, 2.75) is 33.4 Å². The van der Waals surface area contributed by atoms with E-state index in [1.807, 2.05) is 19.2 Å². The van der Waals surface area contributed by atoms with Gasteiger partial charge in [-0.15, -0.1) is 0 Å². The molecule has 1 fully saturated rings. The highest BCUT2D eigenvalue weighted by Gasteiger charge is 2.20. The Morgan fingerprint density at radius 3 is 2.41 bits per heavy atom. The van der Waals surface area contributed by atoms with Crippen LogP contribution in [-0.4, -0.2) is 53.4 Å². The average Bonchev–Trinajstić information content (AvgIpc) is 2.65. The fraction of sp³-hybridized carbons (Fsp3) is 0.455. The van der Waals surface area contributed by atoms with Crippen LogP contribution in [0.3, 0.4) is 0 Å². The topological polar surface area (TPSA) is 48.5 Å². The summed E-state index contributed by atoms with van der Waals surface area (Å²) in [6.07, 6.45) is 1.86. The highest BCUT2D eigenvalue weighted by molar-refractivity contribution is 5.78. The van der Waals surface area contributed by atoms with Gasteiger partial charge >= 0.3 is 0 Å². The molecule has 1 aromatic heterocycles. The number of rotatable bonds is 6. The number of aromatic nitrogens is 1. The van der Waals surface area contributed by atoms with Gasteiger partial charge in [0.25, 0.3) is 0 Å². The number of pyridine rings is 1. The molecular weight excluding hydrogens is 336 g/mol. The first kappa shape index (κ1) is 19.5. The van der Waals surface area contributed by atoms with Gasteiger partial charge in [-0.2, -0.15) is 0 Å². The first-order chi connectivity index (χ1) is 13.0. The zero-order chi connectivity index (χ0) is 19.2. The van der Waals surface area contributed by atoms with Crippen LogP contribution >= 0.6 is 0 Å². The van der Waals surface area contributed by atoms with Gasteiger partial charge in [0.15, 0.2) is 0 Å². The first-order valence-corrected chi connectivity index (χ1v) is 9.72. The number of carbonyl (C=O) groups excluding carboxylic acids is 1. The molecule has 5 heteroatoms. The Hall–Kier alpha value is -2.24. The largest absolute Gasteiger partial charge is 0.348 e. The van der Waals surface area contributed by atoms with E-state index in [9.17, 15) is 4.79 Å². The molecule has 0 radical (unpaired) electrons. The molecule has 1 amide bonds. The van der Waals surface area contributed by atoms with Crippen molar-refractivity contribution in [2.24, 2.45) is 0 Å². The molecule has 0 saturated carbocycles. The van der Waals surface area contributed by atoms with Crippen molar-refractivity contribution in [3.8, 4) is 0 Å². The van der Waals surface area contributed by atoms with Crippen LogP contribution in [0.5, 0.6) is 0 Å². The van der Waals surface area contributed by atoms with Crippen LogP contribution in [-0.2, 0) is 11.3 Å². The van der Waals surface area contributed by atoms with Gasteiger partial charge in [0.05, 0.1) is 18.3 Å². The van der Waals surface area contributed by atoms with Gasteiger partial charge in [0, 0.05) is 38.9 Å². The van der Waals surface area contributed by atoms with E-state index in [-0.39, 0.29) is 11.9 Å². The fourth-order valence-electron chi connectivity index (χ4n) is 3.43. The molecule has 1 N–H and O–H groups in total. The summed E-state index contributed by atoms with van der Waals surface area (Å²) in [6.45, 7) is 11.3. The standard InChI is InChI=1S/C22H30N4O/c1-17-6-8-20(9-7-17)19(3)24-22(27)16-26-13-11-25(12-14-26)15-21-18(2)5-4-10-23-21/h4-10,19H,11-16H2,1-3H3,(H,24,27). The number of hydrogen-bond acceptors (Lipinski definition) is 4. The van der Waals surface area contributed by atoms with Gasteiger partial charge < -0.3 is 5.32 Å². The normalized spacial score (nSPS) is 16.9. The maximum absolute atomic E-state index is 12.4. The van der Waals surface area contributed by atoms with E-state index in [0.29, 0.717) is 6.54 Å². The molecule has 1 unspecified atom stereocenters. The van der Waals surface area contributed by atoms with Gasteiger partial charge in [-0.3, -0.25) is 19.6 Å². The summed E-state index contributed by atoms with van der Waals surface area (Å²) in [5.41, 5.74) is 4.76. The van der Waals surface area contributed by atoms with Crippen molar-refractivity contribution in [2.75, 3.05) is 32.7 Å². The number of aryl methyl sites for hydroxylation is 2. The van der Waals surface area contributed by atoms with Gasteiger partial charge in [-0.1, -0.05) is 35.9 Å². The summed E-state index contributed by atoms with van der Waals surface area (Å²) >= 11 is 0. The lowest BCUT2D eigenvalue weighted by atomic mass is 10.1. The Kier molecular flexibility index (Phi) is 6.58. The summed E-state index contributed by atoms with van der Waals surface area (Å²) in [7, 11) is 0. The quantitative estimate of drug-likeness (QED) is 0.854. The van der Waals surface area contributed by atoms with Crippen LogP contribution < -0.4 is 5.32 Å². The lowest BCUT2D eigenvalue weighted by molar-refractivity contribution is -0.123. The second-order valence-electron chi connectivity index (χ2n) is 7.52. The minimum atomic E-state index is 0.0338. The summed E-state index contributed by atoms with van der Waals surface area (Å²) in [5.74, 6) is 0.0945. The molecule has 27 heavy (non-hydrogen) atoms. The molecular formula is C22H30N4O. The number of carbonyl (C=O) groups is 1. The van der Waals surface area contributed by atoms with E-state index >= 15 is 0 Å². The van der Waals surface area contributed by atoms with Crippen LogP contribution in [0.15, 0.2) is 42.6 Å². The van der Waals surface area contributed by atoms with Crippen LogP contribution in [0.25, 0.3) is 0 Å². The summed E-state index contributed by atoms with van der Waals surface area (Å²) in [5, 5.41) is 3.12. The molecule has 1 saturated heterocycles. The number of benzene rings is 1. The van der Waals surface area contributed by atoms with Crippen LogP contribution in [0.4, 0.5) is 0 Å². The molecule has 5 nitrogen and oxygen atoms in total. The van der Waals surface area contributed by atoms with Crippen LogP contribution in [0.1, 0.15) is 35.3 Å². The van der Waals surface area contributed by atoms with Crippen molar-refractivity contribution >= 4 is 5.91 Å². The highest BCUT2D eigenvalue weighted by atomic mass is 16.2. The van der Waals surface area contributed by atoms with Gasteiger partial charge in [0.1, 0.15) is 0 Å². The first-order valence-electron chi connectivity index (χ1n) is 9.72. The Balaban J connectivity index is 1.42. The third kappa shape index (κ3) is 5.62. The number of nitrogens with one attached hydrogen (secondary N) is 1. The maximum atomic E-state index is 12.4. The molecule has 0 bridgehead atoms. The van der Waals surface area contributed by atoms with Crippen molar-refractivity contribution in [3.05, 3.63) is 65.0 Å². The summed E-state index contributed by atoms with van der Waals surface area (Å²) < 4.78 is 0. The smallest absolute Gasteiger partial charge is 0.234 e. The van der Waals surface area contributed by atoms with E-state index in [4.69, 9.17) is 0 Å². The van der Waals surface area contributed by atoms with E-state index in [1.54, 1.807) is 0 Å². The van der Waals surface area contributed by atoms with Gasteiger partial charge in [0.2, 0.25) is 5.91 Å². The fourth-order valence-corrected chi connectivity index (χ4v) is 3.43. The molecule has 3 rings (SSSR count). The van der Waals surface area contributed by atoms with Gasteiger partial charge in [-0.05, 0) is 38.0 Å². The Morgan fingerprint density at radius 2 is 1.74 bits per heavy atom. The van der Waals surface area contributed by atoms with Crippen LogP contribution in [0, 0.1) is 13.8 Å². The predicted molar refractivity (Wildman–Crippen MR) is 108 cm³/mol. The highest BCUT2D eigenvalue weighted by Crippen LogP contribution is 2.13. The third-order valence-electron chi connectivity index (χ3n) is 5.28. The molecule has 1 aromatic carbocycles. The zero-order valence-corrected chi connectivity index (χ0v) is 16.6. The van der Waals surface area contributed by atoms with Crippen LogP contribution in [0.2, 0.25) is 0 Å². The number of amides is 1. The molecule has 2 aromatic rings. The lowest BCUT2D eigenvalue weighted by Gasteiger charge is -2.34. The molecule has 1 aliphatic heterocycles. The SMILES string of the molecule is Cc1ccc(C(C)NC(=O)CN2CCN(Cc3ncccc3C)CC2)cc1. The van der Waals surface area contributed by atoms with E-state index in [1.165, 1.54) is 11.1 Å². The second kappa shape index (κ2) is 9.11. The molecule has 144 valence electrons. The predicted octanol–water partition coefficient (Wildman–Crippen LogP) is 2.69. The zero-order valence-electron chi connectivity index (χ0n) is 16.6. The Morgan fingerprint density at radius 1 is 1.07 bits per heavy atom. The Bertz CT molecular complexity index is 751. The van der Waals surface area contributed by atoms with Gasteiger partial charge in [-0.25, -0.2) is 0 Å². The van der Waals surface area contributed by atoms with Crippen molar-refractivity contribution in [1.29, 1.82) is 0 Å². The van der Waals surface area contributed by atoms with E-state index < -0.39 is 0 Å². The van der Waals surface area contributed by atoms with Crippen molar-refractivity contribution in [3.63, 3.8) is 0 Å². The summed E-state index contributed by atoms with van der Waals surface area (Å²) in [4.78, 5) is 21.5. The minimum Gasteiger partial charge on any atom is -0.348 e. The molecule has 2 heterocycles. The third-order valence-corrected chi connectivity index (χ3v) is 5.28. The Labute approximate surface area is 162 Å². The van der Waals surface area contributed by atoms with Crippen molar-refractivity contribution < 1.29 is 4.79 Å². The number of piperazine rings is 1. The summed E-state index contributed by atoms with van der Waals surface area (Å²) in [6, 6.07) is 12.5. The average molecular weight is 367 g/mol. The molecule has 0 aliphatic carbocycles. The van der Waals surface area contributed by atoms with E-state index in [0.717, 1.165) is 44.0 Å². The molecule has 1 aliphatic rings. The number of hydrogen-bond donors (Lipinski definition) is 1. The monoisotopic (exact) mass is 366 g/mol.